The van der Waals surface area contributed by atoms with Crippen molar-refractivity contribution in [3.05, 3.63) is 0 Å². The highest BCUT2D eigenvalue weighted by Gasteiger charge is 2.28. The predicted molar refractivity (Wildman–Crippen MR) is 76.0 cm³/mol. The van der Waals surface area contributed by atoms with E-state index in [4.69, 9.17) is 14.6 Å². The van der Waals surface area contributed by atoms with Crippen molar-refractivity contribution in [3.8, 4) is 0 Å². The molecule has 1 aliphatic rings. The van der Waals surface area contributed by atoms with E-state index < -0.39 is 5.97 Å². The lowest BCUT2D eigenvalue weighted by Crippen LogP contribution is -2.46. The van der Waals surface area contributed by atoms with E-state index in [0.717, 1.165) is 45.6 Å². The number of carbonyl (C=O) groups is 1. The monoisotopic (exact) mass is 295 g/mol. The smallest absolute Gasteiger partial charge is 0.320 e. The number of piperidine rings is 1. The standard InChI is InChI=1S/C13H25NO4.ClH/c1-3-12(13(15)16)14-7-5-11(6-8-14)18-10-4-9-17-2;/h11-12H,3-10H2,1-2H3,(H,15,16);1H. The molecular weight excluding hydrogens is 270 g/mol. The van der Waals surface area contributed by atoms with Gasteiger partial charge in [0.25, 0.3) is 0 Å². The summed E-state index contributed by atoms with van der Waals surface area (Å²) < 4.78 is 10.7. The van der Waals surface area contributed by atoms with Crippen molar-refractivity contribution in [3.63, 3.8) is 0 Å². The van der Waals surface area contributed by atoms with E-state index in [9.17, 15) is 4.79 Å². The Bertz CT molecular complexity index is 245. The van der Waals surface area contributed by atoms with Crippen molar-refractivity contribution in [1.29, 1.82) is 0 Å². The highest BCUT2D eigenvalue weighted by atomic mass is 35.5. The molecule has 1 aliphatic heterocycles. The van der Waals surface area contributed by atoms with Gasteiger partial charge in [-0.2, -0.15) is 0 Å². The predicted octanol–water partition coefficient (Wildman–Crippen LogP) is 1.79. The van der Waals surface area contributed by atoms with Gasteiger partial charge in [0.2, 0.25) is 0 Å². The molecule has 0 amide bonds. The molecule has 0 aromatic heterocycles. The van der Waals surface area contributed by atoms with Gasteiger partial charge < -0.3 is 14.6 Å². The number of ether oxygens (including phenoxy) is 2. The normalized spacial score (nSPS) is 18.8. The molecule has 1 unspecified atom stereocenters. The van der Waals surface area contributed by atoms with E-state index in [-0.39, 0.29) is 24.6 Å². The lowest BCUT2D eigenvalue weighted by atomic mass is 10.0. The van der Waals surface area contributed by atoms with E-state index in [0.29, 0.717) is 6.42 Å². The zero-order chi connectivity index (χ0) is 13.4. The van der Waals surface area contributed by atoms with Crippen LogP contribution in [0.25, 0.3) is 0 Å². The zero-order valence-electron chi connectivity index (χ0n) is 11.8. The topological polar surface area (TPSA) is 59.0 Å². The molecule has 0 saturated carbocycles. The first-order valence-corrected chi connectivity index (χ1v) is 6.76. The molecule has 0 spiro atoms. The highest BCUT2D eigenvalue weighted by Crippen LogP contribution is 2.17. The maximum atomic E-state index is 11.1. The van der Waals surface area contributed by atoms with E-state index in [1.54, 1.807) is 7.11 Å². The van der Waals surface area contributed by atoms with Crippen LogP contribution in [0.5, 0.6) is 0 Å². The van der Waals surface area contributed by atoms with Crippen LogP contribution in [-0.2, 0) is 14.3 Å². The summed E-state index contributed by atoms with van der Waals surface area (Å²) in [7, 11) is 1.69. The van der Waals surface area contributed by atoms with E-state index in [1.807, 2.05) is 6.92 Å². The molecule has 1 N–H and O–H groups in total. The summed E-state index contributed by atoms with van der Waals surface area (Å²) in [6.07, 6.45) is 3.72. The van der Waals surface area contributed by atoms with Crippen LogP contribution in [0.4, 0.5) is 0 Å². The summed E-state index contributed by atoms with van der Waals surface area (Å²) >= 11 is 0. The van der Waals surface area contributed by atoms with Gasteiger partial charge in [-0.05, 0) is 25.7 Å². The molecule has 1 atom stereocenters. The minimum atomic E-state index is -0.711. The van der Waals surface area contributed by atoms with Gasteiger partial charge in [0, 0.05) is 33.4 Å². The maximum Gasteiger partial charge on any atom is 0.320 e. The van der Waals surface area contributed by atoms with Crippen molar-refractivity contribution in [2.45, 2.75) is 44.8 Å². The zero-order valence-corrected chi connectivity index (χ0v) is 12.7. The van der Waals surface area contributed by atoms with Gasteiger partial charge in [-0.15, -0.1) is 12.4 Å². The number of halogens is 1. The van der Waals surface area contributed by atoms with Gasteiger partial charge in [-0.25, -0.2) is 0 Å². The highest BCUT2D eigenvalue weighted by molar-refractivity contribution is 5.85. The number of hydrogen-bond donors (Lipinski definition) is 1. The molecule has 0 bridgehead atoms. The second kappa shape index (κ2) is 10.4. The van der Waals surface area contributed by atoms with Crippen LogP contribution < -0.4 is 0 Å². The maximum absolute atomic E-state index is 11.1. The van der Waals surface area contributed by atoms with Crippen molar-refractivity contribution < 1.29 is 19.4 Å². The summed E-state index contributed by atoms with van der Waals surface area (Å²) in [6.45, 7) is 5.02. The number of carboxylic acids is 1. The Kier molecular flexibility index (Phi) is 10.2. The number of likely N-dealkylation sites (tertiary alicyclic amines) is 1. The number of carboxylic acid groups (broad SMARTS) is 1. The molecule has 1 fully saturated rings. The van der Waals surface area contributed by atoms with Crippen molar-refractivity contribution >= 4 is 18.4 Å². The Labute approximate surface area is 121 Å². The number of methoxy groups -OCH3 is 1. The van der Waals surface area contributed by atoms with Gasteiger partial charge in [0.1, 0.15) is 6.04 Å². The fourth-order valence-corrected chi connectivity index (χ4v) is 2.40. The van der Waals surface area contributed by atoms with Crippen LogP contribution in [0, 0.1) is 0 Å². The van der Waals surface area contributed by atoms with Gasteiger partial charge in [0.05, 0.1) is 6.10 Å². The minimum absolute atomic E-state index is 0. The van der Waals surface area contributed by atoms with E-state index in [2.05, 4.69) is 4.90 Å². The minimum Gasteiger partial charge on any atom is -0.480 e. The largest absolute Gasteiger partial charge is 0.480 e. The number of aliphatic carboxylic acids is 1. The third-order valence-electron chi connectivity index (χ3n) is 3.44. The molecule has 0 aromatic carbocycles. The van der Waals surface area contributed by atoms with E-state index >= 15 is 0 Å². The summed E-state index contributed by atoms with van der Waals surface area (Å²) in [6, 6.07) is -0.334. The second-order valence-electron chi connectivity index (χ2n) is 4.71. The first-order chi connectivity index (χ1) is 8.69. The van der Waals surface area contributed by atoms with Gasteiger partial charge >= 0.3 is 5.97 Å². The Morgan fingerprint density at radius 1 is 1.37 bits per heavy atom. The van der Waals surface area contributed by atoms with Gasteiger partial charge in [-0.1, -0.05) is 6.92 Å². The summed E-state index contributed by atoms with van der Waals surface area (Å²) in [4.78, 5) is 13.1. The SMILES string of the molecule is CCC(C(=O)O)N1CCC(OCCCOC)CC1.Cl. The van der Waals surface area contributed by atoms with Crippen molar-refractivity contribution in [2.75, 3.05) is 33.4 Å². The molecule has 19 heavy (non-hydrogen) atoms. The van der Waals surface area contributed by atoms with Gasteiger partial charge in [-0.3, -0.25) is 9.69 Å². The molecular formula is C13H26ClNO4. The Morgan fingerprint density at radius 2 is 2.00 bits per heavy atom. The molecule has 114 valence electrons. The summed E-state index contributed by atoms with van der Waals surface area (Å²) in [5.41, 5.74) is 0. The second-order valence-corrected chi connectivity index (χ2v) is 4.71. The molecule has 0 aliphatic carbocycles. The first kappa shape index (κ1) is 18.6. The Morgan fingerprint density at radius 3 is 2.47 bits per heavy atom. The number of nitrogens with zero attached hydrogens (tertiary/aromatic N) is 1. The summed E-state index contributed by atoms with van der Waals surface area (Å²) in [5, 5.41) is 9.11. The molecule has 0 aromatic rings. The van der Waals surface area contributed by atoms with E-state index in [1.165, 1.54) is 0 Å². The van der Waals surface area contributed by atoms with Crippen LogP contribution in [0.2, 0.25) is 0 Å². The van der Waals surface area contributed by atoms with Crippen LogP contribution in [0.1, 0.15) is 32.6 Å². The quantitative estimate of drug-likeness (QED) is 0.692. The van der Waals surface area contributed by atoms with Crippen LogP contribution in [-0.4, -0.2) is 61.5 Å². The fourth-order valence-electron chi connectivity index (χ4n) is 2.40. The van der Waals surface area contributed by atoms with Crippen molar-refractivity contribution in [2.24, 2.45) is 0 Å². The lowest BCUT2D eigenvalue weighted by Gasteiger charge is -2.35. The Balaban J connectivity index is 0.00000324. The van der Waals surface area contributed by atoms with Crippen molar-refractivity contribution in [1.82, 2.24) is 4.90 Å². The number of hydrogen-bond acceptors (Lipinski definition) is 4. The molecule has 1 rings (SSSR count). The van der Waals surface area contributed by atoms with Gasteiger partial charge in [0.15, 0.2) is 0 Å². The third kappa shape index (κ3) is 6.56. The van der Waals surface area contributed by atoms with Crippen LogP contribution >= 0.6 is 12.4 Å². The molecule has 0 radical (unpaired) electrons. The average Bonchev–Trinajstić information content (AvgIpc) is 2.37. The van der Waals surface area contributed by atoms with Crippen LogP contribution in [0.15, 0.2) is 0 Å². The molecule has 5 nitrogen and oxygen atoms in total. The number of rotatable bonds is 8. The summed E-state index contributed by atoms with van der Waals surface area (Å²) in [5.74, 6) is -0.711. The average molecular weight is 296 g/mol. The Hall–Kier alpha value is -0.360. The third-order valence-corrected chi connectivity index (χ3v) is 3.44. The molecule has 1 saturated heterocycles. The molecule has 1 heterocycles. The molecule has 6 heteroatoms. The fraction of sp³-hybridized carbons (Fsp3) is 0.923. The lowest BCUT2D eigenvalue weighted by molar-refractivity contribution is -0.144. The first-order valence-electron chi connectivity index (χ1n) is 6.76. The van der Waals surface area contributed by atoms with Crippen LogP contribution in [0.3, 0.4) is 0 Å².